The second kappa shape index (κ2) is 7.94. The molecule has 3 rings (SSSR count). The van der Waals surface area contributed by atoms with E-state index < -0.39 is 21.3 Å². The van der Waals surface area contributed by atoms with Crippen LogP contribution < -0.4 is 0 Å². The number of aliphatic hydroxyl groups is 3. The van der Waals surface area contributed by atoms with E-state index in [0.717, 1.165) is 18.4 Å². The zero-order valence-corrected chi connectivity index (χ0v) is 16.5. The van der Waals surface area contributed by atoms with Crippen molar-refractivity contribution in [1.29, 1.82) is 0 Å². The third kappa shape index (κ3) is 6.03. The van der Waals surface area contributed by atoms with Gasteiger partial charge < -0.3 is 15.3 Å². The van der Waals surface area contributed by atoms with Crippen molar-refractivity contribution in [2.45, 2.75) is 62.6 Å². The highest BCUT2D eigenvalue weighted by Crippen LogP contribution is 2.38. The van der Waals surface area contributed by atoms with Crippen LogP contribution in [0.25, 0.3) is 0 Å². The number of aliphatic hydroxyl groups excluding tert-OH is 1. The first-order chi connectivity index (χ1) is 11.9. The molecular formula is C19H30O6S. The normalized spacial score (nSPS) is 33.5. The van der Waals surface area contributed by atoms with Crippen molar-refractivity contribution >= 4 is 10.1 Å². The van der Waals surface area contributed by atoms with E-state index >= 15 is 0 Å². The van der Waals surface area contributed by atoms with Gasteiger partial charge in [-0.15, -0.1) is 0 Å². The van der Waals surface area contributed by atoms with Crippen LogP contribution >= 0.6 is 0 Å². The summed E-state index contributed by atoms with van der Waals surface area (Å²) in [5.41, 5.74) is -0.112. The predicted octanol–water partition coefficient (Wildman–Crippen LogP) is 2.00. The number of aryl methyl sites for hydroxylation is 1. The summed E-state index contributed by atoms with van der Waals surface area (Å²) in [6.07, 6.45) is 2.72. The summed E-state index contributed by atoms with van der Waals surface area (Å²) in [5.74, 6) is 0.491. The minimum absolute atomic E-state index is 0.125. The number of benzene rings is 1. The van der Waals surface area contributed by atoms with Gasteiger partial charge in [0.25, 0.3) is 10.1 Å². The molecule has 0 unspecified atom stereocenters. The number of rotatable bonds is 5. The van der Waals surface area contributed by atoms with Crippen LogP contribution in [0.1, 0.15) is 45.1 Å². The van der Waals surface area contributed by atoms with Gasteiger partial charge in [-0.2, -0.15) is 8.42 Å². The highest BCUT2D eigenvalue weighted by Gasteiger charge is 2.39. The van der Waals surface area contributed by atoms with Crippen LogP contribution in [0, 0.1) is 18.8 Å². The molecule has 0 radical (unpaired) electrons. The Kier molecular flexibility index (Phi) is 6.51. The summed E-state index contributed by atoms with van der Waals surface area (Å²) in [6.45, 7) is 5.83. The maximum Gasteiger partial charge on any atom is 0.296 e. The monoisotopic (exact) mass is 386 g/mol. The van der Waals surface area contributed by atoms with Crippen molar-refractivity contribution in [2.24, 2.45) is 11.8 Å². The molecule has 1 aromatic rings. The lowest BCUT2D eigenvalue weighted by molar-refractivity contribution is -0.0722. The molecule has 0 aliphatic heterocycles. The molecule has 1 aromatic carbocycles. The Bertz CT molecular complexity index is 677. The molecule has 0 spiro atoms. The Labute approximate surface area is 156 Å². The predicted molar refractivity (Wildman–Crippen MR) is 98.1 cm³/mol. The molecule has 0 aromatic heterocycles. The SMILES string of the molecule is CC1(O)CC(CO)C1.Cc1ccc(S(=O)(=O)OCC2CC(C)(O)C2)cc1. The van der Waals surface area contributed by atoms with Gasteiger partial charge in [0, 0.05) is 6.61 Å². The summed E-state index contributed by atoms with van der Waals surface area (Å²) in [6, 6.07) is 6.57. The Hall–Kier alpha value is -0.990. The molecule has 0 atom stereocenters. The maximum atomic E-state index is 11.9. The molecule has 2 saturated carbocycles. The van der Waals surface area contributed by atoms with Gasteiger partial charge in [0.05, 0.1) is 22.7 Å². The van der Waals surface area contributed by atoms with Gasteiger partial charge >= 0.3 is 0 Å². The molecule has 2 aliphatic carbocycles. The van der Waals surface area contributed by atoms with Crippen molar-refractivity contribution in [3.63, 3.8) is 0 Å². The van der Waals surface area contributed by atoms with Gasteiger partial charge in [-0.1, -0.05) is 17.7 Å². The van der Waals surface area contributed by atoms with Crippen molar-refractivity contribution in [1.82, 2.24) is 0 Å². The first kappa shape index (κ1) is 21.3. The Balaban J connectivity index is 0.000000254. The number of hydrogen-bond acceptors (Lipinski definition) is 6. The van der Waals surface area contributed by atoms with Gasteiger partial charge in [0.2, 0.25) is 0 Å². The molecule has 0 heterocycles. The standard InChI is InChI=1S/C13H18O4S.C6H12O2/c1-10-3-5-12(6-4-10)18(15,16)17-9-11-7-13(2,14)8-11;1-6(8)2-5(3-6)4-7/h3-6,11,14H,7-9H2,1-2H3;5,7-8H,2-4H2,1H3. The third-order valence-corrected chi connectivity index (χ3v) is 6.24. The Morgan fingerprint density at radius 1 is 1.00 bits per heavy atom. The van der Waals surface area contributed by atoms with E-state index in [9.17, 15) is 13.5 Å². The van der Waals surface area contributed by atoms with Crippen LogP contribution in [0.5, 0.6) is 0 Å². The summed E-state index contributed by atoms with van der Waals surface area (Å²) >= 11 is 0. The van der Waals surface area contributed by atoms with Crippen molar-refractivity contribution < 1.29 is 27.9 Å². The van der Waals surface area contributed by atoms with Crippen LogP contribution in [0.4, 0.5) is 0 Å². The Morgan fingerprint density at radius 3 is 1.85 bits per heavy atom. The lowest BCUT2D eigenvalue weighted by Crippen LogP contribution is -2.42. The minimum atomic E-state index is -3.67. The lowest BCUT2D eigenvalue weighted by atomic mass is 9.73. The molecule has 148 valence electrons. The van der Waals surface area contributed by atoms with Crippen LogP contribution in [-0.2, 0) is 14.3 Å². The molecule has 2 aliphatic rings. The van der Waals surface area contributed by atoms with Crippen molar-refractivity contribution in [3.8, 4) is 0 Å². The average Bonchev–Trinajstić information content (AvgIpc) is 2.49. The summed E-state index contributed by atoms with van der Waals surface area (Å²) < 4.78 is 28.7. The molecule has 3 N–H and O–H groups in total. The first-order valence-corrected chi connectivity index (χ1v) is 10.3. The van der Waals surface area contributed by atoms with Crippen molar-refractivity contribution in [2.75, 3.05) is 13.2 Å². The zero-order chi connectivity index (χ0) is 19.6. The highest BCUT2D eigenvalue weighted by atomic mass is 32.2. The summed E-state index contributed by atoms with van der Waals surface area (Å²) in [7, 11) is -3.67. The van der Waals surface area contributed by atoms with E-state index in [1.54, 1.807) is 38.1 Å². The Morgan fingerprint density at radius 2 is 1.46 bits per heavy atom. The first-order valence-electron chi connectivity index (χ1n) is 8.94. The second-order valence-electron chi connectivity index (χ2n) is 8.28. The molecule has 7 heteroatoms. The average molecular weight is 387 g/mol. The minimum Gasteiger partial charge on any atom is -0.396 e. The fraction of sp³-hybridized carbons (Fsp3) is 0.684. The maximum absolute atomic E-state index is 11.9. The third-order valence-electron chi connectivity index (χ3n) is 4.94. The largest absolute Gasteiger partial charge is 0.396 e. The van der Waals surface area contributed by atoms with E-state index in [1.807, 2.05) is 6.92 Å². The quantitative estimate of drug-likeness (QED) is 0.669. The van der Waals surface area contributed by atoms with E-state index in [0.29, 0.717) is 18.8 Å². The van der Waals surface area contributed by atoms with Gasteiger partial charge in [-0.05, 0) is 70.4 Å². The molecule has 0 amide bonds. The number of hydrogen-bond donors (Lipinski definition) is 3. The van der Waals surface area contributed by atoms with E-state index in [4.69, 9.17) is 14.4 Å². The smallest absolute Gasteiger partial charge is 0.296 e. The van der Waals surface area contributed by atoms with E-state index in [-0.39, 0.29) is 24.0 Å². The van der Waals surface area contributed by atoms with E-state index in [1.165, 1.54) is 0 Å². The molecule has 6 nitrogen and oxygen atoms in total. The zero-order valence-electron chi connectivity index (χ0n) is 15.7. The van der Waals surface area contributed by atoms with Crippen LogP contribution in [0.15, 0.2) is 29.2 Å². The summed E-state index contributed by atoms with van der Waals surface area (Å²) in [4.78, 5) is 0.180. The second-order valence-corrected chi connectivity index (χ2v) is 9.89. The van der Waals surface area contributed by atoms with Crippen LogP contribution in [0.3, 0.4) is 0 Å². The fourth-order valence-corrected chi connectivity index (χ4v) is 4.55. The van der Waals surface area contributed by atoms with Gasteiger partial charge in [-0.25, -0.2) is 0 Å². The molecule has 2 fully saturated rings. The summed E-state index contributed by atoms with van der Waals surface area (Å²) in [5, 5.41) is 27.2. The molecule has 26 heavy (non-hydrogen) atoms. The molecule has 0 bridgehead atoms. The highest BCUT2D eigenvalue weighted by molar-refractivity contribution is 7.86. The van der Waals surface area contributed by atoms with Crippen molar-refractivity contribution in [3.05, 3.63) is 29.8 Å². The molecular weight excluding hydrogens is 356 g/mol. The fourth-order valence-electron chi connectivity index (χ4n) is 3.57. The van der Waals surface area contributed by atoms with Crippen LogP contribution in [-0.4, -0.2) is 48.2 Å². The van der Waals surface area contributed by atoms with Crippen LogP contribution in [0.2, 0.25) is 0 Å². The lowest BCUT2D eigenvalue weighted by Gasteiger charge is -2.40. The van der Waals surface area contributed by atoms with E-state index in [2.05, 4.69) is 0 Å². The van der Waals surface area contributed by atoms with Gasteiger partial charge in [0.1, 0.15) is 0 Å². The van der Waals surface area contributed by atoms with Gasteiger partial charge in [0.15, 0.2) is 0 Å². The topological polar surface area (TPSA) is 104 Å². The molecule has 0 saturated heterocycles. The van der Waals surface area contributed by atoms with Gasteiger partial charge in [-0.3, -0.25) is 4.18 Å².